The second kappa shape index (κ2) is 6.04. The summed E-state index contributed by atoms with van der Waals surface area (Å²) < 4.78 is 0. The third kappa shape index (κ3) is 3.59. The van der Waals surface area contributed by atoms with E-state index in [0.717, 1.165) is 5.69 Å². The molecule has 0 spiro atoms. The number of hydrogen-bond donors (Lipinski definition) is 1. The number of benzene rings is 1. The van der Waals surface area contributed by atoms with E-state index >= 15 is 0 Å². The van der Waals surface area contributed by atoms with Crippen LogP contribution in [0.3, 0.4) is 0 Å². The minimum Gasteiger partial charge on any atom is -0.388 e. The third-order valence-electron chi connectivity index (χ3n) is 1.32. The Bertz CT molecular complexity index is 320. The fourth-order valence-corrected chi connectivity index (χ4v) is 1.03. The summed E-state index contributed by atoms with van der Waals surface area (Å²) in [7, 11) is 1.78. The van der Waals surface area contributed by atoms with Gasteiger partial charge in [0.2, 0.25) is 0 Å². The van der Waals surface area contributed by atoms with Gasteiger partial charge in [0.1, 0.15) is 6.79 Å². The van der Waals surface area contributed by atoms with Crippen LogP contribution in [0.4, 0.5) is 5.69 Å². The Labute approximate surface area is 81.9 Å². The first-order valence-electron chi connectivity index (χ1n) is 3.43. The second-order valence-electron chi connectivity index (χ2n) is 2.09. The number of nitrogens with zero attached hydrogens (tertiary/aromatic N) is 1. The molecule has 0 saturated heterocycles. The van der Waals surface area contributed by atoms with E-state index in [1.165, 1.54) is 0 Å². The van der Waals surface area contributed by atoms with Gasteiger partial charge < -0.3 is 10.1 Å². The Hall–Kier alpha value is -1.53. The van der Waals surface area contributed by atoms with Gasteiger partial charge in [0, 0.05) is 17.8 Å². The number of anilines is 1. The molecule has 0 aliphatic heterocycles. The zero-order valence-electron chi connectivity index (χ0n) is 7.17. The van der Waals surface area contributed by atoms with Gasteiger partial charge in [-0.3, -0.25) is 0 Å². The van der Waals surface area contributed by atoms with Crippen molar-refractivity contribution < 1.29 is 4.79 Å². The minimum atomic E-state index is 0.571. The molecule has 1 N–H and O–H groups in total. The van der Waals surface area contributed by atoms with E-state index in [1.807, 2.05) is 12.9 Å². The van der Waals surface area contributed by atoms with Gasteiger partial charge >= 0.3 is 0 Å². The van der Waals surface area contributed by atoms with Gasteiger partial charge in [-0.2, -0.15) is 5.26 Å². The maximum atomic E-state index is 8.55. The van der Waals surface area contributed by atoms with Crippen LogP contribution in [0, 0.1) is 11.3 Å². The molecule has 0 aliphatic carbocycles. The van der Waals surface area contributed by atoms with E-state index in [0.29, 0.717) is 10.6 Å². The van der Waals surface area contributed by atoms with Crippen molar-refractivity contribution in [3.8, 4) is 6.07 Å². The minimum absolute atomic E-state index is 0.571. The molecule has 0 heterocycles. The van der Waals surface area contributed by atoms with Crippen LogP contribution < -0.4 is 5.32 Å². The van der Waals surface area contributed by atoms with Gasteiger partial charge in [-0.05, 0) is 18.2 Å². The van der Waals surface area contributed by atoms with Gasteiger partial charge in [0.25, 0.3) is 0 Å². The van der Waals surface area contributed by atoms with Crippen LogP contribution in [0.5, 0.6) is 0 Å². The smallest absolute Gasteiger partial charge is 0.106 e. The predicted molar refractivity (Wildman–Crippen MR) is 52.8 cm³/mol. The number of hydrogen-bond acceptors (Lipinski definition) is 3. The molecule has 4 heteroatoms. The summed E-state index contributed by atoms with van der Waals surface area (Å²) in [6.45, 7) is 2.00. The number of carbonyl (C=O) groups is 1. The highest BCUT2D eigenvalue weighted by Crippen LogP contribution is 2.17. The topological polar surface area (TPSA) is 52.9 Å². The van der Waals surface area contributed by atoms with Crippen LogP contribution in [0.2, 0.25) is 5.02 Å². The SMILES string of the molecule is C=O.CNc1cc(Cl)cc(C#N)c1. The molecule has 1 rings (SSSR count). The lowest BCUT2D eigenvalue weighted by atomic mass is 10.2. The maximum Gasteiger partial charge on any atom is 0.106 e. The average Bonchev–Trinajstić information content (AvgIpc) is 2.20. The van der Waals surface area contributed by atoms with E-state index in [-0.39, 0.29) is 0 Å². The van der Waals surface area contributed by atoms with Gasteiger partial charge in [0.15, 0.2) is 0 Å². The molecule has 13 heavy (non-hydrogen) atoms. The van der Waals surface area contributed by atoms with Gasteiger partial charge in [-0.25, -0.2) is 0 Å². The first kappa shape index (κ1) is 11.5. The van der Waals surface area contributed by atoms with Crippen LogP contribution in [-0.2, 0) is 4.79 Å². The Balaban J connectivity index is 0.000000671. The number of nitriles is 1. The monoisotopic (exact) mass is 196 g/mol. The summed E-state index contributed by atoms with van der Waals surface area (Å²) in [6.07, 6.45) is 0. The Morgan fingerprint density at radius 3 is 2.54 bits per heavy atom. The lowest BCUT2D eigenvalue weighted by molar-refractivity contribution is -0.0979. The van der Waals surface area contributed by atoms with Crippen molar-refractivity contribution >= 4 is 24.1 Å². The Morgan fingerprint density at radius 1 is 1.46 bits per heavy atom. The molecule has 0 aromatic heterocycles. The molecule has 1 aromatic carbocycles. The molecule has 0 bridgehead atoms. The van der Waals surface area contributed by atoms with E-state index in [9.17, 15) is 0 Å². The number of rotatable bonds is 1. The summed E-state index contributed by atoms with van der Waals surface area (Å²) in [5, 5.41) is 12.0. The van der Waals surface area contributed by atoms with Crippen LogP contribution >= 0.6 is 11.6 Å². The normalized spacial score (nSPS) is 7.77. The molecule has 0 atom stereocenters. The van der Waals surface area contributed by atoms with Crippen LogP contribution in [0.15, 0.2) is 18.2 Å². The highest BCUT2D eigenvalue weighted by atomic mass is 35.5. The zero-order valence-corrected chi connectivity index (χ0v) is 7.93. The van der Waals surface area contributed by atoms with Crippen molar-refractivity contribution in [3.63, 3.8) is 0 Å². The molecule has 0 fully saturated rings. The Morgan fingerprint density at radius 2 is 2.08 bits per heavy atom. The van der Waals surface area contributed by atoms with E-state index in [2.05, 4.69) is 5.32 Å². The van der Waals surface area contributed by atoms with Gasteiger partial charge in [-0.15, -0.1) is 0 Å². The van der Waals surface area contributed by atoms with Crippen LogP contribution in [0.1, 0.15) is 5.56 Å². The molecule has 0 unspecified atom stereocenters. The van der Waals surface area contributed by atoms with Crippen LogP contribution in [-0.4, -0.2) is 13.8 Å². The molecular weight excluding hydrogens is 188 g/mol. The summed E-state index contributed by atoms with van der Waals surface area (Å²) >= 11 is 5.72. The molecule has 0 saturated carbocycles. The third-order valence-corrected chi connectivity index (χ3v) is 1.53. The molecule has 0 aliphatic rings. The number of halogens is 1. The highest BCUT2D eigenvalue weighted by molar-refractivity contribution is 6.31. The summed E-state index contributed by atoms with van der Waals surface area (Å²) in [4.78, 5) is 8.00. The van der Waals surface area contributed by atoms with Crippen molar-refractivity contribution in [1.82, 2.24) is 0 Å². The number of carbonyl (C=O) groups excluding carboxylic acids is 1. The van der Waals surface area contributed by atoms with Crippen molar-refractivity contribution in [3.05, 3.63) is 28.8 Å². The van der Waals surface area contributed by atoms with E-state index < -0.39 is 0 Å². The van der Waals surface area contributed by atoms with Gasteiger partial charge in [-0.1, -0.05) is 11.6 Å². The molecule has 68 valence electrons. The summed E-state index contributed by atoms with van der Waals surface area (Å²) in [6, 6.07) is 7.15. The molecule has 0 amide bonds. The highest BCUT2D eigenvalue weighted by Gasteiger charge is 1.95. The first-order chi connectivity index (χ1) is 6.26. The lowest BCUT2D eigenvalue weighted by Gasteiger charge is -1.99. The largest absolute Gasteiger partial charge is 0.388 e. The van der Waals surface area contributed by atoms with Crippen LogP contribution in [0.25, 0.3) is 0 Å². The van der Waals surface area contributed by atoms with Crippen molar-refractivity contribution in [2.24, 2.45) is 0 Å². The quantitative estimate of drug-likeness (QED) is 0.748. The molecule has 3 nitrogen and oxygen atoms in total. The average molecular weight is 197 g/mol. The van der Waals surface area contributed by atoms with Crippen molar-refractivity contribution in [2.45, 2.75) is 0 Å². The first-order valence-corrected chi connectivity index (χ1v) is 3.81. The fraction of sp³-hybridized carbons (Fsp3) is 0.111. The predicted octanol–water partition coefficient (Wildman–Crippen LogP) is 2.07. The second-order valence-corrected chi connectivity index (χ2v) is 2.53. The maximum absolute atomic E-state index is 8.55. The lowest BCUT2D eigenvalue weighted by Crippen LogP contribution is -1.88. The fourth-order valence-electron chi connectivity index (χ4n) is 0.799. The Kier molecular flexibility index (Phi) is 5.33. The molecule has 1 aromatic rings. The van der Waals surface area contributed by atoms with Gasteiger partial charge in [0.05, 0.1) is 11.6 Å². The summed E-state index contributed by atoms with van der Waals surface area (Å²) in [5.41, 5.74) is 1.43. The standard InChI is InChI=1S/C8H7ClN2.CH2O/c1-11-8-3-6(5-10)2-7(9)4-8;1-2/h2-4,11H,1H3;1H2. The number of nitrogens with one attached hydrogen (secondary N) is 1. The summed E-state index contributed by atoms with van der Waals surface area (Å²) in [5.74, 6) is 0. The van der Waals surface area contributed by atoms with E-state index in [4.69, 9.17) is 21.7 Å². The van der Waals surface area contributed by atoms with Crippen molar-refractivity contribution in [2.75, 3.05) is 12.4 Å². The van der Waals surface area contributed by atoms with E-state index in [1.54, 1.807) is 25.2 Å². The zero-order chi connectivity index (χ0) is 10.3. The molecular formula is C9H9ClN2O. The molecule has 0 radical (unpaired) electrons. The van der Waals surface area contributed by atoms with Crippen molar-refractivity contribution in [1.29, 1.82) is 5.26 Å².